The molecule has 0 saturated carbocycles. The average molecular weight is 473 g/mol. The summed E-state index contributed by atoms with van der Waals surface area (Å²) < 4.78 is 6.07. The molecule has 182 valence electrons. The van der Waals surface area contributed by atoms with Crippen LogP contribution >= 0.6 is 0 Å². The third-order valence-corrected chi connectivity index (χ3v) is 8.41. The van der Waals surface area contributed by atoms with Crippen molar-refractivity contribution in [2.24, 2.45) is 0 Å². The molecule has 1 nitrogen and oxygen atoms in total. The summed E-state index contributed by atoms with van der Waals surface area (Å²) in [5.74, 6) is 0. The summed E-state index contributed by atoms with van der Waals surface area (Å²) in [5, 5.41) is 2.40. The first kappa shape index (κ1) is 23.1. The zero-order valence-corrected chi connectivity index (χ0v) is 22.6. The van der Waals surface area contributed by atoms with Gasteiger partial charge in [0.15, 0.2) is 0 Å². The van der Waals surface area contributed by atoms with E-state index in [0.717, 1.165) is 17.6 Å². The molecule has 0 saturated heterocycles. The molecule has 0 N–H and O–H groups in total. The van der Waals surface area contributed by atoms with Crippen LogP contribution in [-0.4, -0.2) is 0 Å². The third-order valence-electron chi connectivity index (χ3n) is 8.41. The summed E-state index contributed by atoms with van der Waals surface area (Å²) in [6.07, 6.45) is 0.987. The van der Waals surface area contributed by atoms with Crippen LogP contribution < -0.4 is 0 Å². The van der Waals surface area contributed by atoms with Gasteiger partial charge in [-0.2, -0.15) is 0 Å². The topological polar surface area (TPSA) is 13.1 Å². The molecule has 36 heavy (non-hydrogen) atoms. The molecule has 1 heterocycles. The van der Waals surface area contributed by atoms with Gasteiger partial charge in [0.2, 0.25) is 0 Å². The average Bonchev–Trinajstić information content (AvgIpc) is 3.30. The van der Waals surface area contributed by atoms with Gasteiger partial charge in [0.05, 0.1) is 0 Å². The van der Waals surface area contributed by atoms with Crippen LogP contribution in [0.4, 0.5) is 0 Å². The summed E-state index contributed by atoms with van der Waals surface area (Å²) in [5.41, 5.74) is 11.9. The standard InChI is InChI=1S/C35H36O/c1-33(2,3)23-13-16-26-25-15-12-22(18-29(25)35(6,7)30(26)20-23)21-34(4,5)24-14-17-32-28(19-24)27-10-8-9-11-31(27)36-32/h8-20H,21H2,1-7H3. The molecule has 0 radical (unpaired) electrons. The first-order chi connectivity index (χ1) is 16.9. The van der Waals surface area contributed by atoms with Crippen molar-refractivity contribution in [3.63, 3.8) is 0 Å². The molecule has 0 fully saturated rings. The van der Waals surface area contributed by atoms with E-state index >= 15 is 0 Å². The Kier molecular flexibility index (Phi) is 4.87. The smallest absolute Gasteiger partial charge is 0.135 e. The molecular formula is C35H36O. The Morgan fingerprint density at radius 1 is 0.639 bits per heavy atom. The lowest BCUT2D eigenvalue weighted by molar-refractivity contribution is 0.522. The van der Waals surface area contributed by atoms with Gasteiger partial charge in [-0.25, -0.2) is 0 Å². The number of furan rings is 1. The van der Waals surface area contributed by atoms with Crippen molar-refractivity contribution in [2.45, 2.75) is 71.1 Å². The van der Waals surface area contributed by atoms with Crippen molar-refractivity contribution in [3.8, 4) is 11.1 Å². The second-order valence-corrected chi connectivity index (χ2v) is 12.9. The molecule has 0 amide bonds. The molecule has 1 aliphatic rings. The molecule has 1 aromatic heterocycles. The van der Waals surface area contributed by atoms with E-state index in [2.05, 4.69) is 121 Å². The number of rotatable bonds is 3. The highest BCUT2D eigenvalue weighted by molar-refractivity contribution is 6.05. The van der Waals surface area contributed by atoms with Gasteiger partial charge in [-0.3, -0.25) is 0 Å². The fourth-order valence-electron chi connectivity index (χ4n) is 6.12. The summed E-state index contributed by atoms with van der Waals surface area (Å²) >= 11 is 0. The third kappa shape index (κ3) is 3.52. The quantitative estimate of drug-likeness (QED) is 0.255. The number of hydrogen-bond donors (Lipinski definition) is 0. The molecular weight excluding hydrogens is 436 g/mol. The Hall–Kier alpha value is -3.32. The van der Waals surface area contributed by atoms with Crippen LogP contribution in [0.15, 0.2) is 83.3 Å². The summed E-state index contributed by atoms with van der Waals surface area (Å²) in [7, 11) is 0. The van der Waals surface area contributed by atoms with Crippen molar-refractivity contribution in [2.75, 3.05) is 0 Å². The Morgan fingerprint density at radius 2 is 1.28 bits per heavy atom. The second kappa shape index (κ2) is 7.59. The van der Waals surface area contributed by atoms with Crippen LogP contribution in [0.5, 0.6) is 0 Å². The van der Waals surface area contributed by atoms with Gasteiger partial charge in [-0.1, -0.05) is 109 Å². The Morgan fingerprint density at radius 3 is 2.03 bits per heavy atom. The van der Waals surface area contributed by atoms with Crippen molar-refractivity contribution in [1.29, 1.82) is 0 Å². The number of para-hydroxylation sites is 1. The summed E-state index contributed by atoms with van der Waals surface area (Å²) in [6, 6.07) is 29.3. The van der Waals surface area contributed by atoms with E-state index in [1.165, 1.54) is 49.7 Å². The zero-order chi connectivity index (χ0) is 25.5. The molecule has 0 spiro atoms. The zero-order valence-electron chi connectivity index (χ0n) is 22.6. The molecule has 6 rings (SSSR count). The Bertz CT molecular complexity index is 1640. The number of fused-ring (bicyclic) bond motifs is 6. The summed E-state index contributed by atoms with van der Waals surface area (Å²) in [4.78, 5) is 0. The normalized spacial score (nSPS) is 14.9. The largest absolute Gasteiger partial charge is 0.456 e. The SMILES string of the molecule is CC(C)(C)c1ccc2c(c1)C(C)(C)c1cc(CC(C)(C)c3ccc4oc5ccccc5c4c3)ccc1-2. The van der Waals surface area contributed by atoms with E-state index in [-0.39, 0.29) is 16.2 Å². The highest BCUT2D eigenvalue weighted by atomic mass is 16.3. The number of benzene rings is 4. The van der Waals surface area contributed by atoms with Gasteiger partial charge in [0.25, 0.3) is 0 Å². The van der Waals surface area contributed by atoms with E-state index < -0.39 is 0 Å². The van der Waals surface area contributed by atoms with Gasteiger partial charge < -0.3 is 4.42 Å². The van der Waals surface area contributed by atoms with Crippen molar-refractivity contribution in [3.05, 3.63) is 107 Å². The summed E-state index contributed by atoms with van der Waals surface area (Å²) in [6.45, 7) is 16.4. The van der Waals surface area contributed by atoms with Crippen LogP contribution in [0.1, 0.15) is 76.3 Å². The Balaban J connectivity index is 1.36. The van der Waals surface area contributed by atoms with Crippen LogP contribution in [0.3, 0.4) is 0 Å². The molecule has 0 atom stereocenters. The van der Waals surface area contributed by atoms with E-state index in [9.17, 15) is 0 Å². The maximum Gasteiger partial charge on any atom is 0.135 e. The van der Waals surface area contributed by atoms with E-state index in [4.69, 9.17) is 4.42 Å². The predicted molar refractivity (Wildman–Crippen MR) is 153 cm³/mol. The maximum atomic E-state index is 6.07. The molecule has 0 aliphatic heterocycles. The van der Waals surface area contributed by atoms with Crippen LogP contribution in [0.25, 0.3) is 33.1 Å². The second-order valence-electron chi connectivity index (χ2n) is 12.9. The lowest BCUT2D eigenvalue weighted by Gasteiger charge is -2.27. The van der Waals surface area contributed by atoms with Crippen molar-refractivity contribution >= 4 is 21.9 Å². The first-order valence-corrected chi connectivity index (χ1v) is 13.2. The fraction of sp³-hybridized carbons (Fsp3) is 0.314. The minimum Gasteiger partial charge on any atom is -0.456 e. The van der Waals surface area contributed by atoms with Crippen molar-refractivity contribution in [1.82, 2.24) is 0 Å². The lowest BCUT2D eigenvalue weighted by atomic mass is 9.76. The van der Waals surface area contributed by atoms with Crippen LogP contribution in [0, 0.1) is 0 Å². The van der Waals surface area contributed by atoms with Gasteiger partial charge in [-0.05, 0) is 74.4 Å². The van der Waals surface area contributed by atoms with Gasteiger partial charge >= 0.3 is 0 Å². The highest BCUT2D eigenvalue weighted by Gasteiger charge is 2.36. The van der Waals surface area contributed by atoms with Crippen LogP contribution in [-0.2, 0) is 22.7 Å². The monoisotopic (exact) mass is 472 g/mol. The van der Waals surface area contributed by atoms with Crippen molar-refractivity contribution < 1.29 is 4.42 Å². The van der Waals surface area contributed by atoms with Gasteiger partial charge in [0, 0.05) is 16.2 Å². The van der Waals surface area contributed by atoms with Gasteiger partial charge in [-0.15, -0.1) is 0 Å². The molecule has 5 aromatic rings. The first-order valence-electron chi connectivity index (χ1n) is 13.2. The Labute approximate surface area is 215 Å². The molecule has 1 aliphatic carbocycles. The molecule has 0 bridgehead atoms. The van der Waals surface area contributed by atoms with E-state index in [1.54, 1.807) is 0 Å². The molecule has 0 unspecified atom stereocenters. The number of hydrogen-bond acceptors (Lipinski definition) is 1. The minimum atomic E-state index is -0.00416. The lowest BCUT2D eigenvalue weighted by Crippen LogP contribution is -2.21. The van der Waals surface area contributed by atoms with E-state index in [0.29, 0.717) is 0 Å². The minimum absolute atomic E-state index is 0.000693. The molecule has 4 aromatic carbocycles. The van der Waals surface area contributed by atoms with E-state index in [1.807, 2.05) is 6.07 Å². The van der Waals surface area contributed by atoms with Crippen LogP contribution in [0.2, 0.25) is 0 Å². The fourth-order valence-corrected chi connectivity index (χ4v) is 6.12. The van der Waals surface area contributed by atoms with Gasteiger partial charge in [0.1, 0.15) is 11.2 Å². The predicted octanol–water partition coefficient (Wildman–Crippen LogP) is 9.71. The maximum absolute atomic E-state index is 6.07. The highest BCUT2D eigenvalue weighted by Crippen LogP contribution is 2.50. The molecule has 1 heteroatoms.